The summed E-state index contributed by atoms with van der Waals surface area (Å²) in [5.41, 5.74) is 2.17. The Kier molecular flexibility index (Phi) is 50.7. The summed E-state index contributed by atoms with van der Waals surface area (Å²) in [7, 11) is 0. The number of carbonyl (C=O) groups is 6. The Labute approximate surface area is 857 Å². The fraction of sp³-hybridized carbons (Fsp3) is 0.482. The Morgan fingerprint density at radius 2 is 0.619 bits per heavy atom. The minimum atomic E-state index is -0.879. The molecule has 3 amide bonds. The van der Waals surface area contributed by atoms with Gasteiger partial charge in [-0.1, -0.05) is 64.5 Å². The van der Waals surface area contributed by atoms with Gasteiger partial charge in [-0.2, -0.15) is 0 Å². The third-order valence-corrected chi connectivity index (χ3v) is 28.9. The maximum Gasteiger partial charge on any atom is 0.307 e. The quantitative estimate of drug-likeness (QED) is 0.00978. The van der Waals surface area contributed by atoms with Gasteiger partial charge in [0, 0.05) is 31.5 Å². The maximum absolute atomic E-state index is 14.2. The molecule has 9 N–H and O–H groups in total. The van der Waals surface area contributed by atoms with E-state index in [4.69, 9.17) is 28.4 Å². The highest BCUT2D eigenvalue weighted by Gasteiger charge is 2.26. The van der Waals surface area contributed by atoms with Crippen LogP contribution < -0.4 is 60.3 Å². The number of carboxylic acid groups (broad SMARTS) is 3. The molecule has 0 aromatic heterocycles. The van der Waals surface area contributed by atoms with Gasteiger partial charge in [0.25, 0.3) is 0 Å². The number of nitrogens with one attached hydrogen (secondary N) is 6. The third-order valence-electron chi connectivity index (χ3n) is 19.2. The van der Waals surface area contributed by atoms with Crippen LogP contribution in [0.25, 0.3) is 0 Å². The fourth-order valence-corrected chi connectivity index (χ4v) is 25.8. The molecule has 1 aliphatic carbocycles. The van der Waals surface area contributed by atoms with E-state index >= 15 is 0 Å². The highest BCUT2D eigenvalue weighted by Crippen LogP contribution is 2.42. The van der Waals surface area contributed by atoms with Gasteiger partial charge in [-0.05, 0) is 495 Å². The molecular formula is C85H102I12N6O15. The summed E-state index contributed by atoms with van der Waals surface area (Å²) in [6.07, 6.45) is 20.0. The van der Waals surface area contributed by atoms with Gasteiger partial charge in [0.1, 0.15) is 34.5 Å². The molecule has 0 bridgehead atoms. The van der Waals surface area contributed by atoms with Crippen molar-refractivity contribution in [3.8, 4) is 51.7 Å². The molecule has 0 spiro atoms. The first-order valence-electron chi connectivity index (χ1n) is 39.6. The van der Waals surface area contributed by atoms with Gasteiger partial charge in [0.05, 0.1) is 87.8 Å². The third kappa shape index (κ3) is 38.7. The average molecular weight is 2970 g/mol. The molecule has 0 saturated carbocycles. The number of aliphatic carboxylic acids is 3. The van der Waals surface area contributed by atoms with Gasteiger partial charge < -0.3 is 75.6 Å². The minimum absolute atomic E-state index is 0.0130. The second kappa shape index (κ2) is 57.3. The molecule has 6 aromatic carbocycles. The molecule has 0 fully saturated rings. The van der Waals surface area contributed by atoms with Gasteiger partial charge in [-0.3, -0.25) is 28.8 Å². The number of carboxylic acids is 3. The Balaban J connectivity index is 0.865. The number of benzene rings is 6. The molecule has 6 aromatic rings. The number of halogens is 12. The zero-order valence-electron chi connectivity index (χ0n) is 65.8. The van der Waals surface area contributed by atoms with Crippen LogP contribution in [0.15, 0.2) is 84.9 Å². The lowest BCUT2D eigenvalue weighted by atomic mass is 9.84. The Hall–Kier alpha value is -0.680. The molecule has 33 heteroatoms. The van der Waals surface area contributed by atoms with Crippen molar-refractivity contribution in [2.24, 2.45) is 29.6 Å². The van der Waals surface area contributed by atoms with E-state index in [1.54, 1.807) is 0 Å². The molecule has 1 aliphatic rings. The van der Waals surface area contributed by atoms with Gasteiger partial charge >= 0.3 is 17.9 Å². The summed E-state index contributed by atoms with van der Waals surface area (Å²) in [5, 5.41) is 48.3. The van der Waals surface area contributed by atoms with E-state index in [0.717, 1.165) is 232 Å². The van der Waals surface area contributed by atoms with E-state index in [1.165, 1.54) is 0 Å². The van der Waals surface area contributed by atoms with E-state index in [0.29, 0.717) is 92.2 Å². The van der Waals surface area contributed by atoms with Crippen LogP contribution in [0.2, 0.25) is 0 Å². The van der Waals surface area contributed by atoms with Crippen molar-refractivity contribution < 1.29 is 72.5 Å². The van der Waals surface area contributed by atoms with Crippen LogP contribution in [-0.2, 0) is 48.0 Å². The van der Waals surface area contributed by atoms with Crippen molar-refractivity contribution in [1.29, 1.82) is 0 Å². The normalized spacial score (nSPS) is 16.7. The predicted molar refractivity (Wildman–Crippen MR) is 565 cm³/mol. The molecule has 646 valence electrons. The second-order valence-corrected chi connectivity index (χ2v) is 43.2. The highest BCUT2D eigenvalue weighted by atomic mass is 127. The van der Waals surface area contributed by atoms with Gasteiger partial charge in [0.2, 0.25) is 17.7 Å². The van der Waals surface area contributed by atoms with Crippen LogP contribution in [0, 0.1) is 72.4 Å². The summed E-state index contributed by atoms with van der Waals surface area (Å²) in [6, 6.07) is 22.7. The number of ether oxygens (including phenoxy) is 6. The van der Waals surface area contributed by atoms with Gasteiger partial charge in [-0.25, -0.2) is 0 Å². The summed E-state index contributed by atoms with van der Waals surface area (Å²) in [5.74, 6) is 4.19. The first-order chi connectivity index (χ1) is 56.5. The van der Waals surface area contributed by atoms with Gasteiger partial charge in [-0.15, -0.1) is 0 Å². The summed E-state index contributed by atoms with van der Waals surface area (Å²) in [6.45, 7) is 12.3. The molecule has 21 nitrogen and oxygen atoms in total. The number of rotatable bonds is 42. The lowest BCUT2D eigenvalue weighted by Gasteiger charge is -2.23. The number of hydrogen-bond acceptors (Lipinski definition) is 15. The monoisotopic (exact) mass is 2970 g/mol. The number of carbonyl (C=O) groups excluding carboxylic acids is 3. The fourth-order valence-electron chi connectivity index (χ4n) is 13.4. The first-order valence-corrected chi connectivity index (χ1v) is 52.6. The van der Waals surface area contributed by atoms with E-state index in [9.17, 15) is 44.1 Å². The minimum Gasteiger partial charge on any atom is -0.491 e. The van der Waals surface area contributed by atoms with Crippen LogP contribution in [0.1, 0.15) is 153 Å². The second-order valence-electron chi connectivity index (χ2n) is 29.2. The zero-order valence-corrected chi connectivity index (χ0v) is 91.7. The van der Waals surface area contributed by atoms with Crippen molar-refractivity contribution in [3.05, 3.63) is 144 Å². The van der Waals surface area contributed by atoms with Crippen LogP contribution in [0.3, 0.4) is 0 Å². The van der Waals surface area contributed by atoms with E-state index in [1.807, 2.05) is 72.8 Å². The van der Waals surface area contributed by atoms with E-state index < -0.39 is 17.9 Å². The molecule has 0 saturated heterocycles. The van der Waals surface area contributed by atoms with Crippen molar-refractivity contribution in [3.63, 3.8) is 0 Å². The lowest BCUT2D eigenvalue weighted by Crippen LogP contribution is -2.34. The van der Waals surface area contributed by atoms with Crippen LogP contribution >= 0.6 is 271 Å². The molecule has 5 unspecified atom stereocenters. The Bertz CT molecular complexity index is 4200. The smallest absolute Gasteiger partial charge is 0.307 e. The van der Waals surface area contributed by atoms with E-state index in [2.05, 4.69) is 329 Å². The number of hydrogen-bond donors (Lipinski definition) is 9. The summed E-state index contributed by atoms with van der Waals surface area (Å²) < 4.78 is 48.3. The van der Waals surface area contributed by atoms with Crippen LogP contribution in [-0.4, -0.2) is 130 Å². The number of amides is 3. The SMILES string of the molecule is CC1CCCC(C)CC(C(=O)NCCCNCCCOc2c(I)cc(Oc3c(I)cc(CC(=O)O)cc3I)cc2I)CCCCC(C(=O)NCCCNCCCOc2c(I)cc(Oc3c(I)cc(CC(=O)O)cc3I)cc2I)/C=C\CCCCC(C(=O)NCCCNCCCOc2c(I)cc(Oc3c(I)cc(CC(=O)O)cc3I)cc2I)C1. The predicted octanol–water partition coefficient (Wildman–Crippen LogP) is 22.0. The maximum atomic E-state index is 14.2. The van der Waals surface area contributed by atoms with Crippen LogP contribution in [0.4, 0.5) is 0 Å². The summed E-state index contributed by atoms with van der Waals surface area (Å²) >= 11 is 26.7. The Morgan fingerprint density at radius 3 is 0.932 bits per heavy atom. The van der Waals surface area contributed by atoms with Crippen molar-refractivity contribution in [2.45, 2.75) is 155 Å². The molecule has 5 atom stereocenters. The van der Waals surface area contributed by atoms with Crippen molar-refractivity contribution in [1.82, 2.24) is 31.9 Å². The number of allylic oxidation sites excluding steroid dienone is 1. The lowest BCUT2D eigenvalue weighted by molar-refractivity contribution is -0.137. The summed E-state index contributed by atoms with van der Waals surface area (Å²) in [4.78, 5) is 76.4. The molecule has 0 heterocycles. The standard InChI is InChI=1S/C85H102I12N6O15/c1-51-16-9-17-52(2)35-58(85(112)103-30-12-24-100-27-15-33-115-79-72(96)49-61(50-73(79)97)118-82-66(90)40-55(41-67(82)91)44-76(108)109)21-8-7-19-56(83(110)101-28-10-22-98-25-13-31-113-77-68(92)45-59(46-69(77)93)116-80-62(86)36-53(37-63(80)87)42-74(104)105)18-5-3-4-6-20-57(34-51)84(111)102-29-11-23-99-26-14-32-114-78-70(94)47-60(48-71(78)95)117-81-64(88)38-54(39-65(81)89)43-75(106)107/h5,18,36-41,45-52,56-58,98-100H,3-4,6-17,19-35,42-44H2,1-2H3,(H,101,110)(H,102,111)(H,103,112)(H,104,105)(H,106,107)(H,108,109)/b18-5-. The zero-order chi connectivity index (χ0) is 85.6. The largest absolute Gasteiger partial charge is 0.491 e. The Morgan fingerprint density at radius 1 is 0.339 bits per heavy atom. The van der Waals surface area contributed by atoms with Crippen LogP contribution in [0.5, 0.6) is 51.7 Å². The molecular weight excluding hydrogens is 2870 g/mol. The molecule has 0 radical (unpaired) electrons. The highest BCUT2D eigenvalue weighted by molar-refractivity contribution is 14.1. The molecule has 118 heavy (non-hydrogen) atoms. The first kappa shape index (κ1) is 104. The van der Waals surface area contributed by atoms with Crippen molar-refractivity contribution >= 4 is 307 Å². The van der Waals surface area contributed by atoms with Gasteiger partial charge in [0.15, 0.2) is 17.2 Å². The van der Waals surface area contributed by atoms with E-state index in [-0.39, 0.29) is 54.7 Å². The average Bonchev–Trinajstić information content (AvgIpc) is 0.821. The topological polar surface area (TPSA) is 291 Å². The molecule has 0 aliphatic heterocycles. The molecule has 7 rings (SSSR count). The van der Waals surface area contributed by atoms with Crippen molar-refractivity contribution in [2.75, 3.05) is 78.7 Å².